The summed E-state index contributed by atoms with van der Waals surface area (Å²) in [7, 11) is 0. The Morgan fingerprint density at radius 2 is 2.38 bits per heavy atom. The predicted molar refractivity (Wildman–Crippen MR) is 54.1 cm³/mol. The van der Waals surface area contributed by atoms with E-state index in [-0.39, 0.29) is 0 Å². The third kappa shape index (κ3) is 1.52. The number of para-hydroxylation sites is 1. The molecular weight excluding hydrogens is 162 g/mol. The largest absolute Gasteiger partial charge is 0.463 e. The number of fused-ring (bicyclic) bond motifs is 1. The van der Waals surface area contributed by atoms with E-state index in [9.17, 15) is 0 Å². The molecular formula is C11H13NO. The highest BCUT2D eigenvalue weighted by Gasteiger charge is 2.12. The number of aryl methyl sites for hydroxylation is 1. The molecule has 0 unspecified atom stereocenters. The van der Waals surface area contributed by atoms with Crippen LogP contribution in [0.5, 0.6) is 5.75 Å². The number of hydrogen-bond donors (Lipinski definition) is 1. The maximum absolute atomic E-state index is 5.31. The van der Waals surface area contributed by atoms with Gasteiger partial charge in [0.1, 0.15) is 5.75 Å². The van der Waals surface area contributed by atoms with E-state index in [4.69, 9.17) is 4.74 Å². The Labute approximate surface area is 78.2 Å². The zero-order valence-corrected chi connectivity index (χ0v) is 7.55. The first-order valence-corrected chi connectivity index (χ1v) is 4.55. The molecule has 0 saturated heterocycles. The van der Waals surface area contributed by atoms with Gasteiger partial charge in [-0.1, -0.05) is 18.7 Å². The summed E-state index contributed by atoms with van der Waals surface area (Å²) < 4.78 is 5.31. The van der Waals surface area contributed by atoms with Crippen molar-refractivity contribution in [2.75, 3.05) is 11.9 Å². The molecule has 2 heteroatoms. The third-order valence-corrected chi connectivity index (χ3v) is 2.25. The minimum atomic E-state index is 0.882. The second-order valence-electron chi connectivity index (χ2n) is 3.11. The molecule has 2 nitrogen and oxygen atoms in total. The lowest BCUT2D eigenvalue weighted by atomic mass is 10.0. The first kappa shape index (κ1) is 8.17. The first-order valence-electron chi connectivity index (χ1n) is 4.55. The van der Waals surface area contributed by atoms with Crippen molar-refractivity contribution < 1.29 is 4.74 Å². The summed E-state index contributed by atoms with van der Waals surface area (Å²) in [5, 5.41) is 3.34. The molecule has 2 rings (SSSR count). The Morgan fingerprint density at radius 3 is 3.23 bits per heavy atom. The van der Waals surface area contributed by atoms with Gasteiger partial charge in [-0.3, -0.25) is 0 Å². The summed E-state index contributed by atoms with van der Waals surface area (Å²) in [4.78, 5) is 0. The highest BCUT2D eigenvalue weighted by Crippen LogP contribution is 2.31. The van der Waals surface area contributed by atoms with E-state index in [0.29, 0.717) is 0 Å². The van der Waals surface area contributed by atoms with Crippen molar-refractivity contribution in [3.63, 3.8) is 0 Å². The van der Waals surface area contributed by atoms with E-state index in [1.807, 2.05) is 12.1 Å². The van der Waals surface area contributed by atoms with Gasteiger partial charge < -0.3 is 10.1 Å². The summed E-state index contributed by atoms with van der Waals surface area (Å²) >= 11 is 0. The number of rotatable bonds is 2. The second-order valence-corrected chi connectivity index (χ2v) is 3.11. The molecule has 0 spiro atoms. The Balaban J connectivity index is 2.39. The monoisotopic (exact) mass is 175 g/mol. The standard InChI is InChI=1S/C11H13NO/c1-2-13-10-7-3-5-9-6-4-8-12-11(9)10/h2-3,5,7,12H,1,4,6,8H2. The molecule has 1 N–H and O–H groups in total. The van der Waals surface area contributed by atoms with Crippen LogP contribution in [0.3, 0.4) is 0 Å². The first-order chi connectivity index (χ1) is 6.42. The lowest BCUT2D eigenvalue weighted by Crippen LogP contribution is -2.12. The molecule has 1 heterocycles. The number of ether oxygens (including phenoxy) is 1. The molecule has 0 saturated carbocycles. The fraction of sp³-hybridized carbons (Fsp3) is 0.273. The number of hydrogen-bond acceptors (Lipinski definition) is 2. The molecule has 68 valence electrons. The highest BCUT2D eigenvalue weighted by atomic mass is 16.5. The summed E-state index contributed by atoms with van der Waals surface area (Å²) in [5.41, 5.74) is 2.47. The van der Waals surface area contributed by atoms with Crippen LogP contribution in [0.2, 0.25) is 0 Å². The van der Waals surface area contributed by atoms with Crippen molar-refractivity contribution in [1.82, 2.24) is 0 Å². The van der Waals surface area contributed by atoms with Crippen LogP contribution in [0, 0.1) is 0 Å². The molecule has 13 heavy (non-hydrogen) atoms. The molecule has 1 aliphatic heterocycles. The van der Waals surface area contributed by atoms with Crippen molar-refractivity contribution in [2.24, 2.45) is 0 Å². The molecule has 0 radical (unpaired) electrons. The van der Waals surface area contributed by atoms with E-state index in [2.05, 4.69) is 18.0 Å². The Morgan fingerprint density at radius 1 is 1.46 bits per heavy atom. The van der Waals surface area contributed by atoms with Gasteiger partial charge in [-0.2, -0.15) is 0 Å². The van der Waals surface area contributed by atoms with Crippen LogP contribution >= 0.6 is 0 Å². The quantitative estimate of drug-likeness (QED) is 0.697. The lowest BCUT2D eigenvalue weighted by molar-refractivity contribution is 0.483. The van der Waals surface area contributed by atoms with Crippen LogP contribution in [0.1, 0.15) is 12.0 Å². The Bertz CT molecular complexity index is 320. The zero-order valence-electron chi connectivity index (χ0n) is 7.55. The summed E-state index contributed by atoms with van der Waals surface area (Å²) in [6.07, 6.45) is 3.80. The van der Waals surface area contributed by atoms with Crippen molar-refractivity contribution >= 4 is 5.69 Å². The van der Waals surface area contributed by atoms with Crippen LogP contribution in [-0.4, -0.2) is 6.54 Å². The average Bonchev–Trinajstić information content (AvgIpc) is 2.19. The van der Waals surface area contributed by atoms with Crippen molar-refractivity contribution in [1.29, 1.82) is 0 Å². The van der Waals surface area contributed by atoms with Crippen LogP contribution in [0.4, 0.5) is 5.69 Å². The topological polar surface area (TPSA) is 21.3 Å². The Hall–Kier alpha value is -1.44. The smallest absolute Gasteiger partial charge is 0.149 e. The zero-order chi connectivity index (χ0) is 9.10. The third-order valence-electron chi connectivity index (χ3n) is 2.25. The van der Waals surface area contributed by atoms with Gasteiger partial charge in [-0.05, 0) is 24.5 Å². The van der Waals surface area contributed by atoms with Crippen LogP contribution in [-0.2, 0) is 6.42 Å². The van der Waals surface area contributed by atoms with Crippen molar-refractivity contribution in [3.05, 3.63) is 36.6 Å². The molecule has 0 fully saturated rings. The SMILES string of the molecule is C=COc1cccc2c1NCCC2. The van der Waals surface area contributed by atoms with E-state index >= 15 is 0 Å². The summed E-state index contributed by atoms with van der Waals surface area (Å²) in [6, 6.07) is 6.11. The maximum atomic E-state index is 5.31. The average molecular weight is 175 g/mol. The molecule has 1 aromatic rings. The molecule has 1 aromatic carbocycles. The van der Waals surface area contributed by atoms with Crippen LogP contribution in [0.25, 0.3) is 0 Å². The molecule has 0 aromatic heterocycles. The number of nitrogens with one attached hydrogen (secondary N) is 1. The summed E-state index contributed by atoms with van der Waals surface area (Å²) in [5.74, 6) is 0.882. The molecule has 1 aliphatic rings. The highest BCUT2D eigenvalue weighted by molar-refractivity contribution is 5.63. The van der Waals surface area contributed by atoms with Crippen molar-refractivity contribution in [3.8, 4) is 5.75 Å². The van der Waals surface area contributed by atoms with Gasteiger partial charge >= 0.3 is 0 Å². The van der Waals surface area contributed by atoms with Gasteiger partial charge in [-0.15, -0.1) is 0 Å². The van der Waals surface area contributed by atoms with Crippen LogP contribution < -0.4 is 10.1 Å². The lowest BCUT2D eigenvalue weighted by Gasteiger charge is -2.19. The minimum Gasteiger partial charge on any atom is -0.463 e. The molecule has 0 amide bonds. The van der Waals surface area contributed by atoms with Gasteiger partial charge in [0, 0.05) is 6.54 Å². The molecule has 0 atom stereocenters. The van der Waals surface area contributed by atoms with E-state index in [1.165, 1.54) is 18.2 Å². The maximum Gasteiger partial charge on any atom is 0.149 e. The van der Waals surface area contributed by atoms with Crippen LogP contribution in [0.15, 0.2) is 31.0 Å². The fourth-order valence-corrected chi connectivity index (χ4v) is 1.67. The minimum absolute atomic E-state index is 0.882. The van der Waals surface area contributed by atoms with Crippen molar-refractivity contribution in [2.45, 2.75) is 12.8 Å². The second kappa shape index (κ2) is 3.52. The van der Waals surface area contributed by atoms with E-state index < -0.39 is 0 Å². The van der Waals surface area contributed by atoms with Gasteiger partial charge in [0.15, 0.2) is 0 Å². The number of benzene rings is 1. The summed E-state index contributed by atoms with van der Waals surface area (Å²) in [6.45, 7) is 4.59. The van der Waals surface area contributed by atoms with Gasteiger partial charge in [0.25, 0.3) is 0 Å². The molecule has 0 aliphatic carbocycles. The predicted octanol–water partition coefficient (Wildman–Crippen LogP) is 2.57. The van der Waals surface area contributed by atoms with Gasteiger partial charge in [0.2, 0.25) is 0 Å². The van der Waals surface area contributed by atoms with E-state index in [1.54, 1.807) is 0 Å². The van der Waals surface area contributed by atoms with E-state index in [0.717, 1.165) is 24.4 Å². The fourth-order valence-electron chi connectivity index (χ4n) is 1.67. The van der Waals surface area contributed by atoms with Gasteiger partial charge in [-0.25, -0.2) is 0 Å². The normalized spacial score (nSPS) is 14.2. The molecule has 0 bridgehead atoms. The Kier molecular flexibility index (Phi) is 2.21. The number of anilines is 1. The van der Waals surface area contributed by atoms with Gasteiger partial charge in [0.05, 0.1) is 11.9 Å².